The molecule has 2 rings (SSSR count). The first-order chi connectivity index (χ1) is 8.65. The standard InChI is InChI=1S/C14H16N2O2/c1-10-3-5-12(6-4-10)8-15-14(17)7-13-11(2)16-9-18-13/h3-6,9H,7-8H2,1-2H3,(H,15,17). The number of aryl methyl sites for hydroxylation is 2. The van der Waals surface area contributed by atoms with Crippen LogP contribution in [0.15, 0.2) is 35.1 Å². The van der Waals surface area contributed by atoms with Gasteiger partial charge in [0.1, 0.15) is 5.76 Å². The van der Waals surface area contributed by atoms with Crippen molar-refractivity contribution in [1.82, 2.24) is 10.3 Å². The van der Waals surface area contributed by atoms with Gasteiger partial charge >= 0.3 is 0 Å². The van der Waals surface area contributed by atoms with Crippen molar-refractivity contribution in [3.05, 3.63) is 53.2 Å². The van der Waals surface area contributed by atoms with Crippen LogP contribution in [0.3, 0.4) is 0 Å². The van der Waals surface area contributed by atoms with Crippen LogP contribution >= 0.6 is 0 Å². The second kappa shape index (κ2) is 5.49. The zero-order valence-electron chi connectivity index (χ0n) is 10.6. The van der Waals surface area contributed by atoms with Crippen LogP contribution in [0, 0.1) is 13.8 Å². The van der Waals surface area contributed by atoms with Crippen LogP contribution < -0.4 is 5.32 Å². The maximum Gasteiger partial charge on any atom is 0.227 e. The van der Waals surface area contributed by atoms with E-state index in [1.807, 2.05) is 38.1 Å². The van der Waals surface area contributed by atoms with Gasteiger partial charge in [0.05, 0.1) is 12.1 Å². The van der Waals surface area contributed by atoms with E-state index in [0.717, 1.165) is 11.3 Å². The predicted octanol–water partition coefficient (Wildman–Crippen LogP) is 2.15. The van der Waals surface area contributed by atoms with Gasteiger partial charge in [0.25, 0.3) is 0 Å². The van der Waals surface area contributed by atoms with Gasteiger partial charge in [-0.1, -0.05) is 29.8 Å². The van der Waals surface area contributed by atoms with Crippen LogP contribution in [0.4, 0.5) is 0 Å². The average Bonchev–Trinajstić information content (AvgIpc) is 2.74. The molecule has 4 heteroatoms. The van der Waals surface area contributed by atoms with E-state index < -0.39 is 0 Å². The number of nitrogens with one attached hydrogen (secondary N) is 1. The molecule has 0 saturated carbocycles. The fourth-order valence-electron chi connectivity index (χ4n) is 1.61. The van der Waals surface area contributed by atoms with Crippen LogP contribution in [-0.2, 0) is 17.8 Å². The van der Waals surface area contributed by atoms with Crippen LogP contribution in [0.5, 0.6) is 0 Å². The Hall–Kier alpha value is -2.10. The number of rotatable bonds is 4. The fourth-order valence-corrected chi connectivity index (χ4v) is 1.61. The molecule has 0 unspecified atom stereocenters. The average molecular weight is 244 g/mol. The third-order valence-electron chi connectivity index (χ3n) is 2.78. The number of hydrogen-bond acceptors (Lipinski definition) is 3. The summed E-state index contributed by atoms with van der Waals surface area (Å²) >= 11 is 0. The van der Waals surface area contributed by atoms with Crippen LogP contribution in [0.25, 0.3) is 0 Å². The summed E-state index contributed by atoms with van der Waals surface area (Å²) in [6, 6.07) is 8.08. The molecule has 2 aromatic rings. The normalized spacial score (nSPS) is 10.3. The van der Waals surface area contributed by atoms with Crippen LogP contribution in [0.1, 0.15) is 22.6 Å². The third kappa shape index (κ3) is 3.20. The van der Waals surface area contributed by atoms with Crippen LogP contribution in [0.2, 0.25) is 0 Å². The molecule has 0 fully saturated rings. The van der Waals surface area contributed by atoms with E-state index in [2.05, 4.69) is 10.3 Å². The Morgan fingerprint density at radius 2 is 2.00 bits per heavy atom. The van der Waals surface area contributed by atoms with Gasteiger partial charge in [0.15, 0.2) is 6.39 Å². The lowest BCUT2D eigenvalue weighted by atomic mass is 10.1. The molecule has 0 spiro atoms. The molecule has 1 heterocycles. The van der Waals surface area contributed by atoms with E-state index >= 15 is 0 Å². The number of carbonyl (C=O) groups is 1. The summed E-state index contributed by atoms with van der Waals surface area (Å²) in [4.78, 5) is 15.7. The summed E-state index contributed by atoms with van der Waals surface area (Å²) in [6.07, 6.45) is 1.59. The molecule has 0 aliphatic carbocycles. The Labute approximate surface area is 106 Å². The van der Waals surface area contributed by atoms with Gasteiger partial charge in [0, 0.05) is 6.54 Å². The Morgan fingerprint density at radius 1 is 1.28 bits per heavy atom. The highest BCUT2D eigenvalue weighted by Gasteiger charge is 2.09. The van der Waals surface area contributed by atoms with Crippen molar-refractivity contribution in [1.29, 1.82) is 0 Å². The predicted molar refractivity (Wildman–Crippen MR) is 68.0 cm³/mol. The van der Waals surface area contributed by atoms with E-state index in [9.17, 15) is 4.79 Å². The minimum absolute atomic E-state index is 0.0598. The molecule has 0 radical (unpaired) electrons. The lowest BCUT2D eigenvalue weighted by Gasteiger charge is -2.04. The molecular weight excluding hydrogens is 228 g/mol. The zero-order valence-corrected chi connectivity index (χ0v) is 10.6. The molecule has 1 aromatic carbocycles. The Morgan fingerprint density at radius 3 is 2.61 bits per heavy atom. The number of oxazole rings is 1. The third-order valence-corrected chi connectivity index (χ3v) is 2.78. The number of carbonyl (C=O) groups excluding carboxylic acids is 1. The zero-order chi connectivity index (χ0) is 13.0. The summed E-state index contributed by atoms with van der Waals surface area (Å²) in [5, 5.41) is 2.86. The number of amides is 1. The molecule has 18 heavy (non-hydrogen) atoms. The minimum Gasteiger partial charge on any atom is -0.448 e. The quantitative estimate of drug-likeness (QED) is 0.896. The maximum absolute atomic E-state index is 11.7. The monoisotopic (exact) mass is 244 g/mol. The Balaban J connectivity index is 1.85. The van der Waals surface area contributed by atoms with Crippen molar-refractivity contribution in [2.45, 2.75) is 26.8 Å². The van der Waals surface area contributed by atoms with E-state index in [1.54, 1.807) is 0 Å². The van der Waals surface area contributed by atoms with E-state index in [1.165, 1.54) is 12.0 Å². The lowest BCUT2D eigenvalue weighted by molar-refractivity contribution is -0.120. The van der Waals surface area contributed by atoms with Crippen molar-refractivity contribution in [3.63, 3.8) is 0 Å². The largest absolute Gasteiger partial charge is 0.448 e. The van der Waals surface area contributed by atoms with E-state index in [-0.39, 0.29) is 12.3 Å². The molecule has 1 aromatic heterocycles. The smallest absolute Gasteiger partial charge is 0.227 e. The molecule has 4 nitrogen and oxygen atoms in total. The number of nitrogens with zero attached hydrogens (tertiary/aromatic N) is 1. The van der Waals surface area contributed by atoms with Crippen molar-refractivity contribution >= 4 is 5.91 Å². The topological polar surface area (TPSA) is 55.1 Å². The summed E-state index contributed by atoms with van der Waals surface area (Å²) in [5.74, 6) is 0.562. The molecule has 0 aliphatic heterocycles. The van der Waals surface area contributed by atoms with Gasteiger partial charge in [-0.05, 0) is 19.4 Å². The van der Waals surface area contributed by atoms with Crippen molar-refractivity contribution in [2.24, 2.45) is 0 Å². The van der Waals surface area contributed by atoms with Crippen molar-refractivity contribution in [2.75, 3.05) is 0 Å². The van der Waals surface area contributed by atoms with Crippen molar-refractivity contribution in [3.8, 4) is 0 Å². The number of aromatic nitrogens is 1. The molecule has 0 saturated heterocycles. The molecular formula is C14H16N2O2. The fraction of sp³-hybridized carbons (Fsp3) is 0.286. The van der Waals surface area contributed by atoms with Gasteiger partial charge in [-0.3, -0.25) is 4.79 Å². The number of benzene rings is 1. The van der Waals surface area contributed by atoms with Gasteiger partial charge < -0.3 is 9.73 Å². The molecule has 1 amide bonds. The highest BCUT2D eigenvalue weighted by atomic mass is 16.3. The summed E-state index contributed by atoms with van der Waals surface area (Å²) in [7, 11) is 0. The highest BCUT2D eigenvalue weighted by Crippen LogP contribution is 2.06. The SMILES string of the molecule is Cc1ccc(CNC(=O)Cc2ocnc2C)cc1. The molecule has 1 N–H and O–H groups in total. The Kier molecular flexibility index (Phi) is 3.77. The van der Waals surface area contributed by atoms with Gasteiger partial charge in [0.2, 0.25) is 5.91 Å². The van der Waals surface area contributed by atoms with Gasteiger partial charge in [-0.25, -0.2) is 4.98 Å². The molecule has 94 valence electrons. The van der Waals surface area contributed by atoms with E-state index in [0.29, 0.717) is 12.3 Å². The summed E-state index contributed by atoms with van der Waals surface area (Å²) in [5.41, 5.74) is 3.06. The first kappa shape index (κ1) is 12.4. The second-order valence-corrected chi connectivity index (χ2v) is 4.30. The van der Waals surface area contributed by atoms with Crippen molar-refractivity contribution < 1.29 is 9.21 Å². The second-order valence-electron chi connectivity index (χ2n) is 4.30. The van der Waals surface area contributed by atoms with E-state index in [4.69, 9.17) is 4.42 Å². The first-order valence-corrected chi connectivity index (χ1v) is 5.86. The first-order valence-electron chi connectivity index (χ1n) is 5.86. The maximum atomic E-state index is 11.7. The Bertz CT molecular complexity index is 529. The van der Waals surface area contributed by atoms with Crippen LogP contribution in [-0.4, -0.2) is 10.9 Å². The molecule has 0 bridgehead atoms. The van der Waals surface area contributed by atoms with Gasteiger partial charge in [-0.2, -0.15) is 0 Å². The lowest BCUT2D eigenvalue weighted by Crippen LogP contribution is -2.24. The number of hydrogen-bond donors (Lipinski definition) is 1. The highest BCUT2D eigenvalue weighted by molar-refractivity contribution is 5.78. The molecule has 0 atom stereocenters. The summed E-state index contributed by atoms with van der Waals surface area (Å²) in [6.45, 7) is 4.40. The summed E-state index contributed by atoms with van der Waals surface area (Å²) < 4.78 is 5.13. The van der Waals surface area contributed by atoms with Gasteiger partial charge in [-0.15, -0.1) is 0 Å². The minimum atomic E-state index is -0.0598. The molecule has 0 aliphatic rings.